The second-order valence-corrected chi connectivity index (χ2v) is 4.20. The Hall–Kier alpha value is -0.160. The predicted octanol–water partition coefficient (Wildman–Crippen LogP) is -0.683. The van der Waals surface area contributed by atoms with Gasteiger partial charge in [-0.15, -0.1) is 0 Å². The normalized spacial score (nSPS) is 11.1. The Balaban J connectivity index is 3.95. The molecule has 2 N–H and O–H groups in total. The molecule has 0 aromatic heterocycles. The summed E-state index contributed by atoms with van der Waals surface area (Å²) >= 11 is 4.34. The first-order valence-corrected chi connectivity index (χ1v) is 4.35. The van der Waals surface area contributed by atoms with Crippen LogP contribution in [-0.4, -0.2) is 25.4 Å². The summed E-state index contributed by atoms with van der Waals surface area (Å²) in [6.45, 7) is 0. The predicted molar refractivity (Wildman–Crippen MR) is 36.5 cm³/mol. The lowest BCUT2D eigenvalue weighted by molar-refractivity contribution is 0.605. The van der Waals surface area contributed by atoms with Crippen LogP contribution in [0.2, 0.25) is 0 Å². The molecule has 0 spiro atoms. The van der Waals surface area contributed by atoms with Crippen LogP contribution in [0.3, 0.4) is 0 Å². The first kappa shape index (κ1) is 7.84. The molecule has 0 aromatic rings. The van der Waals surface area contributed by atoms with Gasteiger partial charge < -0.3 is 5.73 Å². The number of thiocarbonyl (C=S) groups is 1. The van der Waals surface area contributed by atoms with Gasteiger partial charge in [0.2, 0.25) is 0 Å². The van der Waals surface area contributed by atoms with Crippen LogP contribution in [0.5, 0.6) is 0 Å². The van der Waals surface area contributed by atoms with Crippen molar-refractivity contribution in [2.45, 2.75) is 0 Å². The molecule has 0 bridgehead atoms. The minimum Gasteiger partial charge on any atom is -0.392 e. The molecule has 0 unspecified atom stereocenters. The van der Waals surface area contributed by atoms with Crippen molar-refractivity contribution in [1.29, 1.82) is 0 Å². The van der Waals surface area contributed by atoms with Crippen molar-refractivity contribution in [3.05, 3.63) is 0 Å². The van der Waals surface area contributed by atoms with Crippen molar-refractivity contribution < 1.29 is 8.42 Å². The summed E-state index contributed by atoms with van der Waals surface area (Å²) in [5.41, 5.74) is 4.93. The monoisotopic (exact) mass is 153 g/mol. The Morgan fingerprint density at radius 3 is 2.12 bits per heavy atom. The molecule has 5 heteroatoms. The lowest BCUT2D eigenvalue weighted by atomic mass is 10.8. The molecule has 0 aliphatic carbocycles. The van der Waals surface area contributed by atoms with Gasteiger partial charge in [0.25, 0.3) is 0 Å². The zero-order chi connectivity index (χ0) is 6.78. The van der Waals surface area contributed by atoms with Crippen molar-refractivity contribution in [2.24, 2.45) is 5.73 Å². The van der Waals surface area contributed by atoms with Gasteiger partial charge in [0.1, 0.15) is 0 Å². The van der Waals surface area contributed by atoms with Gasteiger partial charge in [-0.25, -0.2) is 8.42 Å². The highest BCUT2D eigenvalue weighted by Gasteiger charge is 2.01. The number of rotatable bonds is 2. The lowest BCUT2D eigenvalue weighted by Crippen LogP contribution is -2.19. The van der Waals surface area contributed by atoms with E-state index in [4.69, 9.17) is 5.73 Å². The molecule has 8 heavy (non-hydrogen) atoms. The van der Waals surface area contributed by atoms with E-state index in [-0.39, 0.29) is 10.7 Å². The first-order chi connectivity index (χ1) is 3.42. The van der Waals surface area contributed by atoms with E-state index in [1.807, 2.05) is 0 Å². The molecule has 48 valence electrons. The molecule has 0 rings (SSSR count). The fourth-order valence-corrected chi connectivity index (χ4v) is 1.42. The molecular weight excluding hydrogens is 146 g/mol. The van der Waals surface area contributed by atoms with Crippen molar-refractivity contribution in [3.8, 4) is 0 Å². The smallest absolute Gasteiger partial charge is 0.153 e. The van der Waals surface area contributed by atoms with Gasteiger partial charge in [-0.3, -0.25) is 0 Å². The van der Waals surface area contributed by atoms with Crippen LogP contribution in [0.25, 0.3) is 0 Å². The molecule has 0 amide bonds. The lowest BCUT2D eigenvalue weighted by Gasteiger charge is -1.90. The maximum absolute atomic E-state index is 10.3. The summed E-state index contributed by atoms with van der Waals surface area (Å²) in [5, 5.41) is 0. The third-order valence-electron chi connectivity index (χ3n) is 0.404. The van der Waals surface area contributed by atoms with Gasteiger partial charge in [-0.1, -0.05) is 12.2 Å². The minimum atomic E-state index is -2.99. The van der Waals surface area contributed by atoms with Crippen LogP contribution in [0.15, 0.2) is 0 Å². The highest BCUT2D eigenvalue weighted by molar-refractivity contribution is 7.93. The SMILES string of the molecule is CS(=O)(=O)CC(N)=S. The molecule has 0 saturated heterocycles. The molecule has 0 radical (unpaired) electrons. The van der Waals surface area contributed by atoms with Gasteiger partial charge in [-0.2, -0.15) is 0 Å². The van der Waals surface area contributed by atoms with E-state index >= 15 is 0 Å². The number of sulfone groups is 1. The Bertz CT molecular complexity index is 181. The molecule has 3 nitrogen and oxygen atoms in total. The van der Waals surface area contributed by atoms with Crippen molar-refractivity contribution in [1.82, 2.24) is 0 Å². The molecule has 0 aliphatic heterocycles. The third-order valence-corrected chi connectivity index (χ3v) is 1.57. The zero-order valence-corrected chi connectivity index (χ0v) is 6.05. The highest BCUT2D eigenvalue weighted by Crippen LogP contribution is 1.80. The number of hydrogen-bond donors (Lipinski definition) is 1. The second-order valence-electron chi connectivity index (χ2n) is 1.54. The van der Waals surface area contributed by atoms with Crippen LogP contribution in [-0.2, 0) is 9.84 Å². The van der Waals surface area contributed by atoms with E-state index in [0.29, 0.717) is 0 Å². The van der Waals surface area contributed by atoms with Crippen LogP contribution in [0, 0.1) is 0 Å². The maximum atomic E-state index is 10.3. The van der Waals surface area contributed by atoms with E-state index in [0.717, 1.165) is 6.26 Å². The molecule has 0 saturated carbocycles. The fraction of sp³-hybridized carbons (Fsp3) is 0.667. The Kier molecular flexibility index (Phi) is 2.36. The average Bonchev–Trinajstić information content (AvgIpc) is 1.21. The number of hydrogen-bond acceptors (Lipinski definition) is 3. The standard InChI is InChI=1S/C3H7NO2S2/c1-8(5,6)2-3(4)7/h2H2,1H3,(H2,4,7). The molecule has 0 fully saturated rings. The summed E-state index contributed by atoms with van der Waals surface area (Å²) in [5.74, 6) is -0.192. The van der Waals surface area contributed by atoms with Gasteiger partial charge >= 0.3 is 0 Å². The summed E-state index contributed by atoms with van der Waals surface area (Å²) in [4.78, 5) is 0.0208. The largest absolute Gasteiger partial charge is 0.392 e. The Morgan fingerprint density at radius 1 is 1.75 bits per heavy atom. The zero-order valence-electron chi connectivity index (χ0n) is 4.42. The van der Waals surface area contributed by atoms with Gasteiger partial charge in [0.15, 0.2) is 9.84 Å². The van der Waals surface area contributed by atoms with Crippen LogP contribution >= 0.6 is 12.2 Å². The topological polar surface area (TPSA) is 60.2 Å². The number of nitrogens with two attached hydrogens (primary N) is 1. The van der Waals surface area contributed by atoms with E-state index < -0.39 is 9.84 Å². The summed E-state index contributed by atoms with van der Waals surface area (Å²) in [6.07, 6.45) is 1.09. The molecule has 0 aliphatic rings. The van der Waals surface area contributed by atoms with Crippen LogP contribution in [0.1, 0.15) is 0 Å². The van der Waals surface area contributed by atoms with E-state index in [1.165, 1.54) is 0 Å². The van der Waals surface area contributed by atoms with E-state index in [2.05, 4.69) is 12.2 Å². The second kappa shape index (κ2) is 2.41. The molecule has 0 heterocycles. The third kappa shape index (κ3) is 5.84. The van der Waals surface area contributed by atoms with Gasteiger partial charge in [0.05, 0.1) is 10.7 Å². The van der Waals surface area contributed by atoms with Gasteiger partial charge in [-0.05, 0) is 0 Å². The molecular formula is C3H7NO2S2. The fourth-order valence-electron chi connectivity index (χ4n) is 0.258. The Morgan fingerprint density at radius 2 is 2.12 bits per heavy atom. The van der Waals surface area contributed by atoms with E-state index in [1.54, 1.807) is 0 Å². The minimum absolute atomic E-state index is 0.0208. The van der Waals surface area contributed by atoms with Crippen molar-refractivity contribution in [3.63, 3.8) is 0 Å². The quantitative estimate of drug-likeness (QED) is 0.534. The summed E-state index contributed by atoms with van der Waals surface area (Å²) in [7, 11) is -2.99. The summed E-state index contributed by atoms with van der Waals surface area (Å²) in [6, 6.07) is 0. The Labute approximate surface area is 53.8 Å². The average molecular weight is 153 g/mol. The molecule has 0 aromatic carbocycles. The van der Waals surface area contributed by atoms with Crippen LogP contribution in [0.4, 0.5) is 0 Å². The summed E-state index contributed by atoms with van der Waals surface area (Å²) < 4.78 is 20.5. The highest BCUT2D eigenvalue weighted by atomic mass is 32.2. The van der Waals surface area contributed by atoms with Crippen LogP contribution < -0.4 is 5.73 Å². The first-order valence-electron chi connectivity index (χ1n) is 1.88. The van der Waals surface area contributed by atoms with Crippen molar-refractivity contribution in [2.75, 3.05) is 12.0 Å². The van der Waals surface area contributed by atoms with Gasteiger partial charge in [0, 0.05) is 6.26 Å². The van der Waals surface area contributed by atoms with E-state index in [9.17, 15) is 8.42 Å². The van der Waals surface area contributed by atoms with Crippen molar-refractivity contribution >= 4 is 27.0 Å². The maximum Gasteiger partial charge on any atom is 0.153 e. The molecule has 0 atom stereocenters.